The Morgan fingerprint density at radius 3 is 2.35 bits per heavy atom. The van der Waals surface area contributed by atoms with Crippen LogP contribution in [0.1, 0.15) is 24.0 Å². The highest BCUT2D eigenvalue weighted by Crippen LogP contribution is 2.23. The number of hydrogen-bond donors (Lipinski definition) is 2. The molecule has 0 fully saturated rings. The molecule has 0 aliphatic carbocycles. The van der Waals surface area contributed by atoms with Crippen molar-refractivity contribution < 1.29 is 19.4 Å². The molecule has 1 heterocycles. The van der Waals surface area contributed by atoms with Crippen LogP contribution >= 0.6 is 0 Å². The predicted octanol–water partition coefficient (Wildman–Crippen LogP) is 3.29. The lowest BCUT2D eigenvalue weighted by atomic mass is 10.1. The Morgan fingerprint density at radius 1 is 1.09 bits per heavy atom. The molecule has 120 valence electrons. The topological polar surface area (TPSA) is 88.5 Å². The Kier molecular flexibility index (Phi) is 5.30. The molecule has 0 bridgehead atoms. The van der Waals surface area contributed by atoms with Gasteiger partial charge in [-0.05, 0) is 49.2 Å². The number of aliphatic carboxylic acids is 1. The molecule has 6 heteroatoms. The van der Waals surface area contributed by atoms with Gasteiger partial charge >= 0.3 is 5.97 Å². The fourth-order valence-corrected chi connectivity index (χ4v) is 2.07. The second-order valence-electron chi connectivity index (χ2n) is 5.25. The van der Waals surface area contributed by atoms with Crippen LogP contribution in [-0.2, 0) is 9.59 Å². The van der Waals surface area contributed by atoms with E-state index in [-0.39, 0.29) is 18.7 Å². The Labute approximate surface area is 134 Å². The first kappa shape index (κ1) is 16.5. The van der Waals surface area contributed by atoms with Crippen molar-refractivity contribution in [2.75, 3.05) is 5.32 Å². The molecule has 2 aromatic rings. The van der Waals surface area contributed by atoms with Crippen molar-refractivity contribution in [3.63, 3.8) is 0 Å². The minimum atomic E-state index is -1.01. The van der Waals surface area contributed by atoms with E-state index < -0.39 is 5.97 Å². The second kappa shape index (κ2) is 7.40. The smallest absolute Gasteiger partial charge is 0.303 e. The normalized spacial score (nSPS) is 10.2. The summed E-state index contributed by atoms with van der Waals surface area (Å²) in [6.07, 6.45) is 1.21. The minimum Gasteiger partial charge on any atom is -0.481 e. The van der Waals surface area contributed by atoms with E-state index in [4.69, 9.17) is 9.84 Å². The summed E-state index contributed by atoms with van der Waals surface area (Å²) in [5.74, 6) is 0.238. The van der Waals surface area contributed by atoms with Crippen LogP contribution in [0.3, 0.4) is 0 Å². The molecule has 1 aromatic carbocycles. The van der Waals surface area contributed by atoms with Crippen LogP contribution in [0.5, 0.6) is 11.5 Å². The SMILES string of the molecule is Cc1cc(C)cc(Oc2ccc(NC(=O)CCC(=O)O)nc2)c1. The maximum absolute atomic E-state index is 11.5. The highest BCUT2D eigenvalue weighted by atomic mass is 16.5. The zero-order chi connectivity index (χ0) is 16.8. The molecule has 6 nitrogen and oxygen atoms in total. The number of benzene rings is 1. The molecule has 0 saturated carbocycles. The van der Waals surface area contributed by atoms with Gasteiger partial charge in [0.05, 0.1) is 12.6 Å². The Hall–Kier alpha value is -2.89. The summed E-state index contributed by atoms with van der Waals surface area (Å²) in [5.41, 5.74) is 2.21. The number of aromatic nitrogens is 1. The van der Waals surface area contributed by atoms with Gasteiger partial charge in [0.25, 0.3) is 0 Å². The van der Waals surface area contributed by atoms with Crippen LogP contribution in [0.4, 0.5) is 5.82 Å². The first-order valence-corrected chi connectivity index (χ1v) is 7.16. The van der Waals surface area contributed by atoms with Crippen molar-refractivity contribution in [2.24, 2.45) is 0 Å². The van der Waals surface area contributed by atoms with E-state index in [9.17, 15) is 9.59 Å². The standard InChI is InChI=1S/C17H18N2O4/c1-11-7-12(2)9-14(8-11)23-13-3-4-15(18-10-13)19-16(20)5-6-17(21)22/h3-4,7-10H,5-6H2,1-2H3,(H,21,22)(H,18,19,20). The lowest BCUT2D eigenvalue weighted by molar-refractivity contribution is -0.138. The van der Waals surface area contributed by atoms with E-state index in [0.717, 1.165) is 16.9 Å². The summed E-state index contributed by atoms with van der Waals surface area (Å²) in [6, 6.07) is 9.21. The van der Waals surface area contributed by atoms with Gasteiger partial charge in [0.1, 0.15) is 17.3 Å². The summed E-state index contributed by atoms with van der Waals surface area (Å²) >= 11 is 0. The average molecular weight is 314 g/mol. The first-order valence-electron chi connectivity index (χ1n) is 7.16. The number of hydrogen-bond acceptors (Lipinski definition) is 4. The fourth-order valence-electron chi connectivity index (χ4n) is 2.07. The number of pyridine rings is 1. The van der Waals surface area contributed by atoms with E-state index >= 15 is 0 Å². The first-order chi connectivity index (χ1) is 10.9. The number of amides is 1. The molecule has 2 rings (SSSR count). The van der Waals surface area contributed by atoms with Crippen LogP contribution in [0, 0.1) is 13.8 Å². The van der Waals surface area contributed by atoms with Crippen molar-refractivity contribution in [2.45, 2.75) is 26.7 Å². The van der Waals surface area contributed by atoms with Gasteiger partial charge in [-0.1, -0.05) is 6.07 Å². The molecule has 0 atom stereocenters. The molecule has 0 spiro atoms. The summed E-state index contributed by atoms with van der Waals surface area (Å²) in [5, 5.41) is 11.1. The van der Waals surface area contributed by atoms with E-state index in [2.05, 4.69) is 16.4 Å². The fraction of sp³-hybridized carbons (Fsp3) is 0.235. The van der Waals surface area contributed by atoms with Crippen LogP contribution in [0.25, 0.3) is 0 Å². The molecule has 2 N–H and O–H groups in total. The molecule has 1 amide bonds. The zero-order valence-corrected chi connectivity index (χ0v) is 13.0. The molecule has 0 aliphatic heterocycles. The van der Waals surface area contributed by atoms with Gasteiger partial charge in [-0.3, -0.25) is 9.59 Å². The Bertz CT molecular complexity index is 691. The van der Waals surface area contributed by atoms with E-state index in [1.165, 1.54) is 6.20 Å². The van der Waals surface area contributed by atoms with Crippen molar-refractivity contribution in [1.29, 1.82) is 0 Å². The molecule has 23 heavy (non-hydrogen) atoms. The third kappa shape index (κ3) is 5.43. The molecule has 0 saturated heterocycles. The molecular weight excluding hydrogens is 296 g/mol. The third-order valence-electron chi connectivity index (χ3n) is 3.00. The van der Waals surface area contributed by atoms with Crippen LogP contribution in [-0.4, -0.2) is 22.0 Å². The number of aryl methyl sites for hydroxylation is 2. The highest BCUT2D eigenvalue weighted by Gasteiger charge is 2.07. The number of carboxylic acid groups (broad SMARTS) is 1. The number of nitrogens with zero attached hydrogens (tertiary/aromatic N) is 1. The molecule has 0 aliphatic rings. The number of carbonyl (C=O) groups is 2. The largest absolute Gasteiger partial charge is 0.481 e. The quantitative estimate of drug-likeness (QED) is 0.854. The van der Waals surface area contributed by atoms with Crippen molar-refractivity contribution in [1.82, 2.24) is 4.98 Å². The number of ether oxygens (including phenoxy) is 1. The number of carbonyl (C=O) groups excluding carboxylic acids is 1. The predicted molar refractivity (Wildman–Crippen MR) is 85.7 cm³/mol. The van der Waals surface area contributed by atoms with Gasteiger partial charge in [0.15, 0.2) is 0 Å². The van der Waals surface area contributed by atoms with Gasteiger partial charge < -0.3 is 15.2 Å². The van der Waals surface area contributed by atoms with Gasteiger partial charge in [-0.25, -0.2) is 4.98 Å². The zero-order valence-electron chi connectivity index (χ0n) is 13.0. The van der Waals surface area contributed by atoms with Crippen LogP contribution < -0.4 is 10.1 Å². The van der Waals surface area contributed by atoms with Gasteiger partial charge in [0, 0.05) is 6.42 Å². The molecular formula is C17H18N2O4. The number of carboxylic acids is 1. The Balaban J connectivity index is 1.96. The van der Waals surface area contributed by atoms with Gasteiger partial charge in [-0.2, -0.15) is 0 Å². The summed E-state index contributed by atoms with van der Waals surface area (Å²) in [4.78, 5) is 26.0. The Morgan fingerprint density at radius 2 is 1.78 bits per heavy atom. The summed E-state index contributed by atoms with van der Waals surface area (Å²) in [7, 11) is 0. The number of rotatable bonds is 6. The molecule has 0 radical (unpaired) electrons. The molecule has 1 aromatic heterocycles. The van der Waals surface area contributed by atoms with E-state index in [1.807, 2.05) is 26.0 Å². The van der Waals surface area contributed by atoms with Crippen molar-refractivity contribution in [3.05, 3.63) is 47.7 Å². The van der Waals surface area contributed by atoms with E-state index in [0.29, 0.717) is 11.6 Å². The summed E-state index contributed by atoms with van der Waals surface area (Å²) in [6.45, 7) is 3.99. The average Bonchev–Trinajstić information content (AvgIpc) is 2.46. The van der Waals surface area contributed by atoms with Gasteiger partial charge in [-0.15, -0.1) is 0 Å². The third-order valence-corrected chi connectivity index (χ3v) is 3.00. The monoisotopic (exact) mass is 314 g/mol. The van der Waals surface area contributed by atoms with Crippen molar-refractivity contribution >= 4 is 17.7 Å². The maximum atomic E-state index is 11.5. The molecule has 0 unspecified atom stereocenters. The second-order valence-corrected chi connectivity index (χ2v) is 5.25. The number of anilines is 1. The lowest BCUT2D eigenvalue weighted by Gasteiger charge is -2.08. The van der Waals surface area contributed by atoms with Crippen molar-refractivity contribution in [3.8, 4) is 11.5 Å². The number of nitrogens with one attached hydrogen (secondary N) is 1. The summed E-state index contributed by atoms with van der Waals surface area (Å²) < 4.78 is 5.73. The maximum Gasteiger partial charge on any atom is 0.303 e. The minimum absolute atomic E-state index is 0.0855. The van der Waals surface area contributed by atoms with E-state index in [1.54, 1.807) is 12.1 Å². The lowest BCUT2D eigenvalue weighted by Crippen LogP contribution is -2.13. The van der Waals surface area contributed by atoms with Crippen LogP contribution in [0.2, 0.25) is 0 Å². The van der Waals surface area contributed by atoms with Crippen LogP contribution in [0.15, 0.2) is 36.5 Å². The highest BCUT2D eigenvalue weighted by molar-refractivity contribution is 5.91. The van der Waals surface area contributed by atoms with Gasteiger partial charge in [0.2, 0.25) is 5.91 Å².